The summed E-state index contributed by atoms with van der Waals surface area (Å²) >= 11 is 3.40. The Hall–Kier alpha value is -0.830. The van der Waals surface area contributed by atoms with Gasteiger partial charge in [0, 0.05) is 5.56 Å². The third kappa shape index (κ3) is 2.64. The van der Waals surface area contributed by atoms with Crippen molar-refractivity contribution < 1.29 is 9.53 Å². The van der Waals surface area contributed by atoms with Gasteiger partial charge in [-0.15, -0.1) is 0 Å². The Morgan fingerprint density at radius 1 is 1.38 bits per heavy atom. The molecule has 16 heavy (non-hydrogen) atoms. The highest BCUT2D eigenvalue weighted by Crippen LogP contribution is 2.25. The molecule has 3 heteroatoms. The molecular weight excluding hydrogens is 268 g/mol. The lowest BCUT2D eigenvalue weighted by atomic mass is 9.96. The van der Waals surface area contributed by atoms with Crippen LogP contribution in [-0.2, 0) is 0 Å². The minimum absolute atomic E-state index is 0.0988. The van der Waals surface area contributed by atoms with Crippen LogP contribution in [-0.4, -0.2) is 17.7 Å². The van der Waals surface area contributed by atoms with E-state index in [2.05, 4.69) is 15.9 Å². The second kappa shape index (κ2) is 5.48. The number of Topliss-reactive ketones (excluding diaryl/α,β-unsaturated/α-hetero) is 1. The van der Waals surface area contributed by atoms with Gasteiger partial charge in [-0.05, 0) is 43.5 Å². The van der Waals surface area contributed by atoms with Gasteiger partial charge >= 0.3 is 0 Å². The number of ether oxygens (including phenoxy) is 1. The van der Waals surface area contributed by atoms with Crippen LogP contribution in [0.1, 0.15) is 34.8 Å². The van der Waals surface area contributed by atoms with Crippen molar-refractivity contribution in [2.75, 3.05) is 7.11 Å². The Morgan fingerprint density at radius 2 is 1.88 bits per heavy atom. The van der Waals surface area contributed by atoms with Crippen molar-refractivity contribution in [3.8, 4) is 5.75 Å². The van der Waals surface area contributed by atoms with Gasteiger partial charge < -0.3 is 4.74 Å². The summed E-state index contributed by atoms with van der Waals surface area (Å²) in [6, 6.07) is 3.80. The van der Waals surface area contributed by atoms with E-state index in [1.54, 1.807) is 7.11 Å². The van der Waals surface area contributed by atoms with E-state index >= 15 is 0 Å². The number of rotatable bonds is 4. The normalized spacial score (nSPS) is 12.3. The van der Waals surface area contributed by atoms with E-state index in [0.717, 1.165) is 28.9 Å². The molecule has 0 aliphatic rings. The number of hydrogen-bond donors (Lipinski definition) is 0. The minimum atomic E-state index is -0.0988. The van der Waals surface area contributed by atoms with Crippen LogP contribution in [0.25, 0.3) is 0 Å². The van der Waals surface area contributed by atoms with E-state index in [9.17, 15) is 4.79 Å². The minimum Gasteiger partial charge on any atom is -0.497 e. The number of carbonyl (C=O) groups excluding carboxylic acids is 1. The fraction of sp³-hybridized carbons (Fsp3) is 0.462. The van der Waals surface area contributed by atoms with E-state index in [0.29, 0.717) is 0 Å². The molecule has 1 atom stereocenters. The summed E-state index contributed by atoms with van der Waals surface area (Å²) in [4.78, 5) is 12.0. The van der Waals surface area contributed by atoms with Crippen LogP contribution in [0, 0.1) is 13.8 Å². The molecule has 0 N–H and O–H groups in total. The van der Waals surface area contributed by atoms with Crippen molar-refractivity contribution in [2.24, 2.45) is 0 Å². The molecule has 0 saturated carbocycles. The fourth-order valence-corrected chi connectivity index (χ4v) is 2.00. The van der Waals surface area contributed by atoms with Crippen LogP contribution < -0.4 is 4.74 Å². The molecule has 2 nitrogen and oxygen atoms in total. The third-order valence-electron chi connectivity index (χ3n) is 2.63. The van der Waals surface area contributed by atoms with Crippen molar-refractivity contribution in [2.45, 2.75) is 32.0 Å². The summed E-state index contributed by atoms with van der Waals surface area (Å²) in [6.07, 6.45) is 0.795. The fourth-order valence-electron chi connectivity index (χ4n) is 1.77. The van der Waals surface area contributed by atoms with Gasteiger partial charge in [0.1, 0.15) is 5.75 Å². The van der Waals surface area contributed by atoms with Crippen LogP contribution >= 0.6 is 15.9 Å². The Labute approximate surface area is 105 Å². The average Bonchev–Trinajstić information content (AvgIpc) is 2.26. The maximum Gasteiger partial charge on any atom is 0.176 e. The predicted octanol–water partition coefficient (Wildman–Crippen LogP) is 3.67. The third-order valence-corrected chi connectivity index (χ3v) is 3.69. The second-order valence-corrected chi connectivity index (χ2v) is 4.98. The summed E-state index contributed by atoms with van der Waals surface area (Å²) in [7, 11) is 1.63. The Bertz CT molecular complexity index is 376. The molecule has 1 aromatic carbocycles. The molecule has 0 spiro atoms. The molecule has 0 saturated heterocycles. The highest BCUT2D eigenvalue weighted by Gasteiger charge is 2.19. The first-order valence-corrected chi connectivity index (χ1v) is 6.26. The number of halogens is 1. The predicted molar refractivity (Wildman–Crippen MR) is 69.8 cm³/mol. The molecule has 0 fully saturated rings. The van der Waals surface area contributed by atoms with Crippen LogP contribution in [0.4, 0.5) is 0 Å². The lowest BCUT2D eigenvalue weighted by molar-refractivity contribution is 0.0989. The SMILES string of the molecule is CCC(Br)C(=O)c1c(C)cc(OC)cc1C. The molecule has 1 rings (SSSR count). The van der Waals surface area contributed by atoms with Gasteiger partial charge in [-0.3, -0.25) is 4.79 Å². The average molecular weight is 285 g/mol. The first-order valence-electron chi connectivity index (χ1n) is 5.34. The zero-order valence-corrected chi connectivity index (χ0v) is 11.7. The Kier molecular flexibility index (Phi) is 4.54. The van der Waals surface area contributed by atoms with Gasteiger partial charge in [0.15, 0.2) is 5.78 Å². The van der Waals surface area contributed by atoms with E-state index in [1.165, 1.54) is 0 Å². The number of alkyl halides is 1. The van der Waals surface area contributed by atoms with E-state index in [-0.39, 0.29) is 10.6 Å². The maximum atomic E-state index is 12.1. The number of hydrogen-bond acceptors (Lipinski definition) is 2. The smallest absolute Gasteiger partial charge is 0.176 e. The van der Waals surface area contributed by atoms with Crippen molar-refractivity contribution in [3.63, 3.8) is 0 Å². The zero-order valence-electron chi connectivity index (χ0n) is 10.1. The number of ketones is 1. The lowest BCUT2D eigenvalue weighted by Gasteiger charge is -2.13. The highest BCUT2D eigenvalue weighted by atomic mass is 79.9. The topological polar surface area (TPSA) is 26.3 Å². The van der Waals surface area contributed by atoms with Crippen LogP contribution in [0.5, 0.6) is 5.75 Å². The molecule has 0 bridgehead atoms. The van der Waals surface area contributed by atoms with Crippen LogP contribution in [0.2, 0.25) is 0 Å². The van der Waals surface area contributed by atoms with Crippen molar-refractivity contribution >= 4 is 21.7 Å². The number of benzene rings is 1. The standard InChI is InChI=1S/C13H17BrO2/c1-5-11(14)13(15)12-8(2)6-10(16-4)7-9(12)3/h6-7,11H,5H2,1-4H3. The van der Waals surface area contributed by atoms with Gasteiger partial charge in [-0.2, -0.15) is 0 Å². The van der Waals surface area contributed by atoms with Gasteiger partial charge in [-0.1, -0.05) is 22.9 Å². The van der Waals surface area contributed by atoms with E-state index in [4.69, 9.17) is 4.74 Å². The van der Waals surface area contributed by atoms with Crippen molar-refractivity contribution in [3.05, 3.63) is 28.8 Å². The number of methoxy groups -OCH3 is 1. The molecule has 0 aromatic heterocycles. The zero-order chi connectivity index (χ0) is 12.3. The molecule has 1 unspecified atom stereocenters. The number of carbonyl (C=O) groups is 1. The summed E-state index contributed by atoms with van der Waals surface area (Å²) < 4.78 is 5.17. The summed E-state index contributed by atoms with van der Waals surface area (Å²) in [5.74, 6) is 0.953. The summed E-state index contributed by atoms with van der Waals surface area (Å²) in [5, 5.41) is 0. The second-order valence-electron chi connectivity index (χ2n) is 3.88. The molecule has 1 aromatic rings. The molecule has 0 aliphatic carbocycles. The van der Waals surface area contributed by atoms with E-state index < -0.39 is 0 Å². The summed E-state index contributed by atoms with van der Waals surface area (Å²) in [6.45, 7) is 5.88. The van der Waals surface area contributed by atoms with Crippen LogP contribution in [0.3, 0.4) is 0 Å². The maximum absolute atomic E-state index is 12.1. The van der Waals surface area contributed by atoms with Crippen molar-refractivity contribution in [1.29, 1.82) is 0 Å². The van der Waals surface area contributed by atoms with Gasteiger partial charge in [0.25, 0.3) is 0 Å². The molecule has 0 amide bonds. The van der Waals surface area contributed by atoms with Crippen molar-refractivity contribution in [1.82, 2.24) is 0 Å². The highest BCUT2D eigenvalue weighted by molar-refractivity contribution is 9.10. The van der Waals surface area contributed by atoms with Gasteiger partial charge in [0.05, 0.1) is 11.9 Å². The molecule has 0 heterocycles. The van der Waals surface area contributed by atoms with E-state index in [1.807, 2.05) is 32.9 Å². The summed E-state index contributed by atoms with van der Waals surface area (Å²) in [5.41, 5.74) is 2.75. The van der Waals surface area contributed by atoms with Crippen LogP contribution in [0.15, 0.2) is 12.1 Å². The van der Waals surface area contributed by atoms with Gasteiger partial charge in [0.2, 0.25) is 0 Å². The quantitative estimate of drug-likeness (QED) is 0.623. The Morgan fingerprint density at radius 3 is 2.25 bits per heavy atom. The Balaban J connectivity index is 3.19. The lowest BCUT2D eigenvalue weighted by Crippen LogP contribution is -2.16. The molecule has 0 radical (unpaired) electrons. The molecular formula is C13H17BrO2. The molecule has 88 valence electrons. The number of aryl methyl sites for hydroxylation is 2. The first-order chi connectivity index (χ1) is 7.51. The first kappa shape index (κ1) is 13.2. The van der Waals surface area contributed by atoms with Gasteiger partial charge in [-0.25, -0.2) is 0 Å². The molecule has 0 aliphatic heterocycles. The monoisotopic (exact) mass is 284 g/mol. The largest absolute Gasteiger partial charge is 0.497 e.